The van der Waals surface area contributed by atoms with E-state index in [1.807, 2.05) is 6.92 Å². The number of nitrogens with zero attached hydrogens (tertiary/aromatic N) is 1. The number of carbonyl (C=O) groups is 1. The quantitative estimate of drug-likeness (QED) is 0.213. The molecule has 2 aromatic carbocycles. The van der Waals surface area contributed by atoms with E-state index in [9.17, 15) is 9.59 Å². The van der Waals surface area contributed by atoms with Crippen molar-refractivity contribution in [3.8, 4) is 34.3 Å². The second-order valence-electron chi connectivity index (χ2n) is 7.43. The van der Waals surface area contributed by atoms with Gasteiger partial charge in [0.1, 0.15) is 17.1 Å². The molecule has 9 heteroatoms. The molecule has 4 aromatic rings. The van der Waals surface area contributed by atoms with Crippen LogP contribution in [0.1, 0.15) is 17.7 Å². The monoisotopic (exact) mass is 465 g/mol. The number of esters is 1. The molecule has 0 fully saturated rings. The number of hydrogen-bond donors (Lipinski definition) is 0. The number of hydrogen-bond acceptors (Lipinski definition) is 9. The van der Waals surface area contributed by atoms with Crippen LogP contribution in [0.5, 0.6) is 23.1 Å². The number of carbonyl (C=O) groups excluding carboxylic acids is 1. The molecule has 0 amide bonds. The summed E-state index contributed by atoms with van der Waals surface area (Å²) in [6.45, 7) is 1.84. The average molecular weight is 465 g/mol. The van der Waals surface area contributed by atoms with Gasteiger partial charge in [-0.2, -0.15) is 0 Å². The Kier molecular flexibility index (Phi) is 6.53. The third-order valence-corrected chi connectivity index (χ3v) is 5.36. The lowest BCUT2D eigenvalue weighted by atomic mass is 9.99. The first-order valence-electron chi connectivity index (χ1n) is 10.4. The van der Waals surface area contributed by atoms with Gasteiger partial charge in [-0.25, -0.2) is 4.79 Å². The molecule has 0 aliphatic rings. The van der Waals surface area contributed by atoms with Crippen molar-refractivity contribution < 1.29 is 32.7 Å². The standard InChI is InChI=1S/C25H23NO8/c1-14-18-8-6-16(32-23(27)10-7-17-13-22(31-4)26-34-17)12-20(18)33-25(28)24(14)15-5-9-19(29-2)21(11-15)30-3/h5-6,8-9,11-13H,7,10H2,1-4H3. The molecule has 0 N–H and O–H groups in total. The van der Waals surface area contributed by atoms with Crippen LogP contribution >= 0.6 is 0 Å². The highest BCUT2D eigenvalue weighted by atomic mass is 16.5. The number of benzene rings is 2. The van der Waals surface area contributed by atoms with Gasteiger partial charge in [-0.1, -0.05) is 6.07 Å². The van der Waals surface area contributed by atoms with Crippen molar-refractivity contribution in [2.75, 3.05) is 21.3 Å². The van der Waals surface area contributed by atoms with Gasteiger partial charge in [-0.05, 0) is 47.5 Å². The van der Waals surface area contributed by atoms with Crippen LogP contribution in [-0.2, 0) is 11.2 Å². The fourth-order valence-corrected chi connectivity index (χ4v) is 3.64. The molecule has 2 aromatic heterocycles. The zero-order chi connectivity index (χ0) is 24.2. The zero-order valence-electron chi connectivity index (χ0n) is 19.2. The molecule has 2 heterocycles. The first-order valence-corrected chi connectivity index (χ1v) is 10.4. The molecule has 4 rings (SSSR count). The van der Waals surface area contributed by atoms with E-state index in [1.54, 1.807) is 43.5 Å². The highest BCUT2D eigenvalue weighted by Crippen LogP contribution is 2.34. The molecule has 0 bridgehead atoms. The van der Waals surface area contributed by atoms with E-state index in [1.165, 1.54) is 20.3 Å². The van der Waals surface area contributed by atoms with E-state index in [-0.39, 0.29) is 12.2 Å². The van der Waals surface area contributed by atoms with Gasteiger partial charge in [0, 0.05) is 23.9 Å². The van der Waals surface area contributed by atoms with Gasteiger partial charge in [0.25, 0.3) is 5.88 Å². The molecule has 0 unspecified atom stereocenters. The van der Waals surface area contributed by atoms with Gasteiger partial charge in [-0.15, -0.1) is 0 Å². The maximum atomic E-state index is 12.9. The van der Waals surface area contributed by atoms with Crippen molar-refractivity contribution in [1.29, 1.82) is 0 Å². The Hall–Kier alpha value is -4.27. The topological polar surface area (TPSA) is 110 Å². The largest absolute Gasteiger partial charge is 0.493 e. The van der Waals surface area contributed by atoms with Crippen molar-refractivity contribution in [3.63, 3.8) is 0 Å². The van der Waals surface area contributed by atoms with Crippen molar-refractivity contribution in [2.45, 2.75) is 19.8 Å². The Morgan fingerprint density at radius 3 is 2.47 bits per heavy atom. The van der Waals surface area contributed by atoms with Crippen molar-refractivity contribution in [3.05, 3.63) is 64.2 Å². The Bertz CT molecular complexity index is 1400. The first kappa shape index (κ1) is 22.9. The lowest BCUT2D eigenvalue weighted by molar-refractivity contribution is -0.134. The second kappa shape index (κ2) is 9.70. The lowest BCUT2D eigenvalue weighted by Gasteiger charge is -2.12. The van der Waals surface area contributed by atoms with Crippen LogP contribution in [0.15, 0.2) is 56.2 Å². The molecule has 0 spiro atoms. The summed E-state index contributed by atoms with van der Waals surface area (Å²) in [7, 11) is 4.55. The van der Waals surface area contributed by atoms with Crippen LogP contribution in [0.2, 0.25) is 0 Å². The highest BCUT2D eigenvalue weighted by molar-refractivity contribution is 5.88. The summed E-state index contributed by atoms with van der Waals surface area (Å²) >= 11 is 0. The molecular weight excluding hydrogens is 442 g/mol. The summed E-state index contributed by atoms with van der Waals surface area (Å²) in [5, 5.41) is 4.41. The maximum absolute atomic E-state index is 12.9. The van der Waals surface area contributed by atoms with E-state index in [0.29, 0.717) is 46.3 Å². The minimum Gasteiger partial charge on any atom is -0.493 e. The van der Waals surface area contributed by atoms with Gasteiger partial charge in [-0.3, -0.25) is 4.79 Å². The molecule has 176 valence electrons. The normalized spacial score (nSPS) is 10.8. The third-order valence-electron chi connectivity index (χ3n) is 5.36. The molecule has 0 aliphatic heterocycles. The van der Waals surface area contributed by atoms with Crippen LogP contribution in [0.4, 0.5) is 0 Å². The number of fused-ring (bicyclic) bond motifs is 1. The minimum absolute atomic E-state index is 0.0810. The van der Waals surface area contributed by atoms with Gasteiger partial charge in [0.15, 0.2) is 11.5 Å². The van der Waals surface area contributed by atoms with Crippen molar-refractivity contribution in [1.82, 2.24) is 5.16 Å². The molecule has 9 nitrogen and oxygen atoms in total. The summed E-state index contributed by atoms with van der Waals surface area (Å²) in [6.07, 6.45) is 0.392. The number of aromatic nitrogens is 1. The predicted molar refractivity (Wildman–Crippen MR) is 123 cm³/mol. The smallest absolute Gasteiger partial charge is 0.344 e. The Morgan fingerprint density at radius 2 is 1.76 bits per heavy atom. The minimum atomic E-state index is -0.514. The molecule has 0 atom stereocenters. The summed E-state index contributed by atoms with van der Waals surface area (Å²) in [4.78, 5) is 25.1. The van der Waals surface area contributed by atoms with Crippen LogP contribution in [0, 0.1) is 6.92 Å². The van der Waals surface area contributed by atoms with E-state index >= 15 is 0 Å². The Morgan fingerprint density at radius 1 is 0.971 bits per heavy atom. The number of ether oxygens (including phenoxy) is 4. The lowest BCUT2D eigenvalue weighted by Crippen LogP contribution is -2.09. The SMILES string of the molecule is COc1cc(CCC(=O)Oc2ccc3c(C)c(-c4ccc(OC)c(OC)c4)c(=O)oc3c2)on1. The average Bonchev–Trinajstić information content (AvgIpc) is 3.30. The van der Waals surface area contributed by atoms with Crippen LogP contribution in [-0.4, -0.2) is 32.5 Å². The van der Waals surface area contributed by atoms with Crippen molar-refractivity contribution >= 4 is 16.9 Å². The van der Waals surface area contributed by atoms with E-state index in [2.05, 4.69) is 5.16 Å². The van der Waals surface area contributed by atoms with Crippen LogP contribution in [0.25, 0.3) is 22.1 Å². The number of methoxy groups -OCH3 is 3. The van der Waals surface area contributed by atoms with E-state index in [4.69, 9.17) is 27.9 Å². The van der Waals surface area contributed by atoms with Crippen LogP contribution in [0.3, 0.4) is 0 Å². The van der Waals surface area contributed by atoms with Crippen molar-refractivity contribution in [2.24, 2.45) is 0 Å². The highest BCUT2D eigenvalue weighted by Gasteiger charge is 2.17. The number of aryl methyl sites for hydroxylation is 2. The van der Waals surface area contributed by atoms with E-state index < -0.39 is 11.6 Å². The zero-order valence-corrected chi connectivity index (χ0v) is 19.2. The van der Waals surface area contributed by atoms with E-state index in [0.717, 1.165) is 10.9 Å². The van der Waals surface area contributed by atoms with Gasteiger partial charge < -0.3 is 27.9 Å². The second-order valence-corrected chi connectivity index (χ2v) is 7.43. The summed E-state index contributed by atoms with van der Waals surface area (Å²) < 4.78 is 31.6. The first-order chi connectivity index (χ1) is 16.4. The number of rotatable bonds is 8. The van der Waals surface area contributed by atoms with Gasteiger partial charge >= 0.3 is 11.6 Å². The molecule has 0 saturated carbocycles. The molecule has 0 aliphatic carbocycles. The molecule has 34 heavy (non-hydrogen) atoms. The summed E-state index contributed by atoms with van der Waals surface area (Å²) in [5.41, 5.74) is 1.60. The maximum Gasteiger partial charge on any atom is 0.344 e. The van der Waals surface area contributed by atoms with Crippen LogP contribution < -0.4 is 24.6 Å². The molecule has 0 saturated heterocycles. The van der Waals surface area contributed by atoms with Gasteiger partial charge in [0.2, 0.25) is 0 Å². The molecular formula is C25H23NO8. The summed E-state index contributed by atoms with van der Waals surface area (Å²) in [5.74, 6) is 1.73. The fraction of sp³-hybridized carbons (Fsp3) is 0.240. The predicted octanol–water partition coefficient (Wildman–Crippen LogP) is 4.32. The Balaban J connectivity index is 1.57. The Labute approximate surface area is 194 Å². The fourth-order valence-electron chi connectivity index (χ4n) is 3.64. The molecule has 0 radical (unpaired) electrons. The van der Waals surface area contributed by atoms with Gasteiger partial charge in [0.05, 0.1) is 33.3 Å². The summed E-state index contributed by atoms with van der Waals surface area (Å²) in [6, 6.07) is 11.8. The third kappa shape index (κ3) is 4.59.